The van der Waals surface area contributed by atoms with Crippen LogP contribution in [0.25, 0.3) is 0 Å². The SMILES string of the molecule is COc1ccc(Br)c(NC(=O)c2cccc(O)c2O)c1. The lowest BCUT2D eigenvalue weighted by molar-refractivity contribution is 0.102. The summed E-state index contributed by atoms with van der Waals surface area (Å²) in [5.74, 6) is -0.748. The molecule has 2 aromatic rings. The Bertz CT molecular complexity index is 658. The number of rotatable bonds is 3. The molecule has 104 valence electrons. The number of halogens is 1. The third-order valence-electron chi connectivity index (χ3n) is 2.68. The van der Waals surface area contributed by atoms with Gasteiger partial charge in [-0.25, -0.2) is 0 Å². The fourth-order valence-corrected chi connectivity index (χ4v) is 1.98. The van der Waals surface area contributed by atoms with Crippen molar-refractivity contribution in [3.05, 3.63) is 46.4 Å². The number of carbonyl (C=O) groups excluding carboxylic acids is 1. The van der Waals surface area contributed by atoms with Crippen molar-refractivity contribution in [1.29, 1.82) is 0 Å². The maximum Gasteiger partial charge on any atom is 0.259 e. The Morgan fingerprint density at radius 2 is 2.00 bits per heavy atom. The lowest BCUT2D eigenvalue weighted by Gasteiger charge is -2.10. The number of amides is 1. The highest BCUT2D eigenvalue weighted by Gasteiger charge is 2.15. The summed E-state index contributed by atoms with van der Waals surface area (Å²) >= 11 is 3.31. The molecule has 0 fully saturated rings. The third-order valence-corrected chi connectivity index (χ3v) is 3.37. The number of benzene rings is 2. The minimum Gasteiger partial charge on any atom is -0.504 e. The molecular weight excluding hydrogens is 326 g/mol. The van der Waals surface area contributed by atoms with Crippen LogP contribution in [-0.4, -0.2) is 23.2 Å². The lowest BCUT2D eigenvalue weighted by atomic mass is 10.1. The van der Waals surface area contributed by atoms with Gasteiger partial charge in [0, 0.05) is 10.5 Å². The highest BCUT2D eigenvalue weighted by Crippen LogP contribution is 2.31. The molecule has 0 spiro atoms. The number of para-hydroxylation sites is 1. The van der Waals surface area contributed by atoms with Crippen LogP contribution in [0.1, 0.15) is 10.4 Å². The number of carbonyl (C=O) groups is 1. The monoisotopic (exact) mass is 337 g/mol. The summed E-state index contributed by atoms with van der Waals surface area (Å²) in [7, 11) is 1.52. The minimum absolute atomic E-state index is 0.0141. The van der Waals surface area contributed by atoms with E-state index >= 15 is 0 Å². The number of phenolic OH excluding ortho intramolecular Hbond substituents is 2. The molecule has 0 atom stereocenters. The highest BCUT2D eigenvalue weighted by atomic mass is 79.9. The summed E-state index contributed by atoms with van der Waals surface area (Å²) in [4.78, 5) is 12.1. The molecule has 0 saturated heterocycles. The molecule has 0 aliphatic heterocycles. The van der Waals surface area contributed by atoms with Gasteiger partial charge in [0.15, 0.2) is 11.5 Å². The van der Waals surface area contributed by atoms with Gasteiger partial charge in [-0.1, -0.05) is 6.07 Å². The van der Waals surface area contributed by atoms with Crippen molar-refractivity contribution in [1.82, 2.24) is 0 Å². The maximum absolute atomic E-state index is 12.1. The van der Waals surface area contributed by atoms with Gasteiger partial charge in [0.2, 0.25) is 0 Å². The number of methoxy groups -OCH3 is 1. The number of anilines is 1. The van der Waals surface area contributed by atoms with Crippen molar-refractivity contribution in [3.63, 3.8) is 0 Å². The van der Waals surface area contributed by atoms with Gasteiger partial charge >= 0.3 is 0 Å². The molecule has 2 rings (SSSR count). The first kappa shape index (κ1) is 14.2. The molecule has 2 aromatic carbocycles. The largest absolute Gasteiger partial charge is 0.504 e. The van der Waals surface area contributed by atoms with Crippen LogP contribution < -0.4 is 10.1 Å². The van der Waals surface area contributed by atoms with Crippen LogP contribution in [-0.2, 0) is 0 Å². The van der Waals surface area contributed by atoms with E-state index in [1.807, 2.05) is 0 Å². The van der Waals surface area contributed by atoms with Crippen molar-refractivity contribution >= 4 is 27.5 Å². The highest BCUT2D eigenvalue weighted by molar-refractivity contribution is 9.10. The smallest absolute Gasteiger partial charge is 0.259 e. The zero-order chi connectivity index (χ0) is 14.7. The number of phenols is 2. The van der Waals surface area contributed by atoms with Gasteiger partial charge in [-0.15, -0.1) is 0 Å². The summed E-state index contributed by atoms with van der Waals surface area (Å²) < 4.78 is 5.75. The quantitative estimate of drug-likeness (QED) is 0.752. The summed E-state index contributed by atoms with van der Waals surface area (Å²) in [6, 6.07) is 9.31. The van der Waals surface area contributed by atoms with Crippen LogP contribution in [0.4, 0.5) is 5.69 Å². The molecule has 0 bridgehead atoms. The van der Waals surface area contributed by atoms with E-state index in [1.165, 1.54) is 25.3 Å². The van der Waals surface area contributed by atoms with E-state index in [4.69, 9.17) is 4.74 Å². The normalized spacial score (nSPS) is 10.1. The van der Waals surface area contributed by atoms with Crippen LogP contribution in [0.2, 0.25) is 0 Å². The zero-order valence-corrected chi connectivity index (χ0v) is 12.1. The Morgan fingerprint density at radius 1 is 1.25 bits per heavy atom. The first-order chi connectivity index (χ1) is 9.52. The van der Waals surface area contributed by atoms with E-state index in [0.717, 1.165) is 0 Å². The van der Waals surface area contributed by atoms with Crippen molar-refractivity contribution in [3.8, 4) is 17.2 Å². The standard InChI is InChI=1S/C14H12BrNO4/c1-20-8-5-6-10(15)11(7-8)16-14(19)9-3-2-4-12(17)13(9)18/h2-7,17-18H,1H3,(H,16,19). The number of aromatic hydroxyl groups is 2. The van der Waals surface area contributed by atoms with Crippen LogP contribution in [0, 0.1) is 0 Å². The number of hydrogen-bond donors (Lipinski definition) is 3. The second kappa shape index (κ2) is 5.83. The first-order valence-electron chi connectivity index (χ1n) is 5.68. The molecule has 0 aliphatic carbocycles. The Labute approximate surface area is 123 Å². The molecule has 0 aliphatic rings. The molecule has 0 saturated carbocycles. The molecule has 6 heteroatoms. The topological polar surface area (TPSA) is 78.8 Å². The second-order valence-corrected chi connectivity index (χ2v) is 4.83. The number of hydrogen-bond acceptors (Lipinski definition) is 4. The summed E-state index contributed by atoms with van der Waals surface area (Å²) in [5, 5.41) is 21.7. The van der Waals surface area contributed by atoms with Crippen LogP contribution in [0.3, 0.4) is 0 Å². The first-order valence-corrected chi connectivity index (χ1v) is 6.48. The summed E-state index contributed by atoms with van der Waals surface area (Å²) in [6.45, 7) is 0. The molecule has 0 radical (unpaired) electrons. The van der Waals surface area contributed by atoms with Crippen molar-refractivity contribution in [2.24, 2.45) is 0 Å². The average Bonchev–Trinajstić information content (AvgIpc) is 2.44. The number of ether oxygens (including phenoxy) is 1. The predicted molar refractivity (Wildman–Crippen MR) is 78.4 cm³/mol. The molecule has 0 heterocycles. The molecule has 5 nitrogen and oxygen atoms in total. The molecule has 0 unspecified atom stereocenters. The molecule has 20 heavy (non-hydrogen) atoms. The van der Waals surface area contributed by atoms with Crippen LogP contribution in [0.5, 0.6) is 17.2 Å². The van der Waals surface area contributed by atoms with Gasteiger partial charge in [0.25, 0.3) is 5.91 Å². The maximum atomic E-state index is 12.1. The van der Waals surface area contributed by atoms with Gasteiger partial charge in [0.05, 0.1) is 18.4 Å². The lowest BCUT2D eigenvalue weighted by Crippen LogP contribution is -2.12. The van der Waals surface area contributed by atoms with E-state index in [-0.39, 0.29) is 11.3 Å². The van der Waals surface area contributed by atoms with Crippen molar-refractivity contribution in [2.75, 3.05) is 12.4 Å². The Hall–Kier alpha value is -2.21. The van der Waals surface area contributed by atoms with E-state index < -0.39 is 11.7 Å². The van der Waals surface area contributed by atoms with Gasteiger partial charge < -0.3 is 20.3 Å². The fourth-order valence-electron chi connectivity index (χ4n) is 1.63. The average molecular weight is 338 g/mol. The molecule has 0 aromatic heterocycles. The van der Waals surface area contributed by atoms with E-state index in [0.29, 0.717) is 15.9 Å². The van der Waals surface area contributed by atoms with Crippen LogP contribution >= 0.6 is 15.9 Å². The van der Waals surface area contributed by atoms with E-state index in [2.05, 4.69) is 21.2 Å². The Balaban J connectivity index is 2.30. The molecular formula is C14H12BrNO4. The van der Waals surface area contributed by atoms with Crippen molar-refractivity contribution < 1.29 is 19.7 Å². The van der Waals surface area contributed by atoms with Gasteiger partial charge in [0.1, 0.15) is 5.75 Å². The predicted octanol–water partition coefficient (Wildman–Crippen LogP) is 3.12. The molecule has 1 amide bonds. The van der Waals surface area contributed by atoms with E-state index in [1.54, 1.807) is 18.2 Å². The van der Waals surface area contributed by atoms with Crippen molar-refractivity contribution in [2.45, 2.75) is 0 Å². The minimum atomic E-state index is -0.535. The summed E-state index contributed by atoms with van der Waals surface area (Å²) in [5.41, 5.74) is 0.483. The zero-order valence-electron chi connectivity index (χ0n) is 10.6. The second-order valence-electron chi connectivity index (χ2n) is 3.97. The Morgan fingerprint density at radius 3 is 2.70 bits per heavy atom. The third kappa shape index (κ3) is 2.85. The Kier molecular flexibility index (Phi) is 4.14. The van der Waals surface area contributed by atoms with E-state index in [9.17, 15) is 15.0 Å². The summed E-state index contributed by atoms with van der Waals surface area (Å²) in [6.07, 6.45) is 0. The molecule has 3 N–H and O–H groups in total. The fraction of sp³-hybridized carbons (Fsp3) is 0.0714. The van der Waals surface area contributed by atoms with Crippen LogP contribution in [0.15, 0.2) is 40.9 Å². The van der Waals surface area contributed by atoms with Gasteiger partial charge in [-0.2, -0.15) is 0 Å². The van der Waals surface area contributed by atoms with Gasteiger partial charge in [-0.05, 0) is 40.2 Å². The number of nitrogens with one attached hydrogen (secondary N) is 1. The van der Waals surface area contributed by atoms with Gasteiger partial charge in [-0.3, -0.25) is 4.79 Å².